The summed E-state index contributed by atoms with van der Waals surface area (Å²) in [7, 11) is 0. The first-order valence-corrected chi connectivity index (χ1v) is 8.93. The molecule has 0 radical (unpaired) electrons. The van der Waals surface area contributed by atoms with Crippen LogP contribution in [0.4, 0.5) is 0 Å². The second-order valence-electron chi connectivity index (χ2n) is 6.55. The molecule has 1 amide bonds. The topological polar surface area (TPSA) is 77.0 Å². The Balaban J connectivity index is 1.37. The van der Waals surface area contributed by atoms with Gasteiger partial charge in [0.1, 0.15) is 5.69 Å². The number of benzene rings is 1. The Labute approximate surface area is 151 Å². The van der Waals surface area contributed by atoms with Gasteiger partial charge in [-0.1, -0.05) is 23.4 Å². The van der Waals surface area contributed by atoms with Crippen molar-refractivity contribution in [1.82, 2.24) is 24.8 Å². The van der Waals surface area contributed by atoms with Gasteiger partial charge in [0.15, 0.2) is 5.82 Å². The molecule has 0 aliphatic carbocycles. The third kappa shape index (κ3) is 3.37. The molecule has 1 aliphatic rings. The summed E-state index contributed by atoms with van der Waals surface area (Å²) in [4.78, 5) is 18.9. The molecule has 3 aromatic rings. The number of carbonyl (C=O) groups excluding carboxylic acids is 1. The molecule has 7 nitrogen and oxygen atoms in total. The third-order valence-electron chi connectivity index (χ3n) is 4.72. The van der Waals surface area contributed by atoms with Gasteiger partial charge in [-0.15, -0.1) is 0 Å². The molecule has 1 saturated heterocycles. The first-order valence-electron chi connectivity index (χ1n) is 8.93. The molecule has 2 aromatic heterocycles. The van der Waals surface area contributed by atoms with Crippen LogP contribution in [-0.2, 0) is 13.0 Å². The van der Waals surface area contributed by atoms with E-state index in [1.54, 1.807) is 10.7 Å². The minimum absolute atomic E-state index is 0.00205. The van der Waals surface area contributed by atoms with E-state index in [0.717, 1.165) is 25.1 Å². The summed E-state index contributed by atoms with van der Waals surface area (Å²) in [5.41, 5.74) is 1.43. The van der Waals surface area contributed by atoms with Crippen molar-refractivity contribution in [1.29, 1.82) is 0 Å². The fraction of sp³-hybridized carbons (Fsp3) is 0.368. The molecule has 0 bridgehead atoms. The lowest BCUT2D eigenvalue weighted by Crippen LogP contribution is -2.29. The molecule has 1 atom stereocenters. The first kappa shape index (κ1) is 16.5. The summed E-state index contributed by atoms with van der Waals surface area (Å²) in [6.45, 7) is 4.21. The number of hydrogen-bond donors (Lipinski definition) is 0. The monoisotopic (exact) mass is 351 g/mol. The molecule has 4 rings (SSSR count). The number of nitrogens with zero attached hydrogens (tertiary/aromatic N) is 5. The third-order valence-corrected chi connectivity index (χ3v) is 4.72. The zero-order valence-corrected chi connectivity index (χ0v) is 14.7. The summed E-state index contributed by atoms with van der Waals surface area (Å²) in [6, 6.07) is 11.5. The second kappa shape index (κ2) is 7.11. The Morgan fingerprint density at radius 3 is 2.88 bits per heavy atom. The molecule has 26 heavy (non-hydrogen) atoms. The zero-order chi connectivity index (χ0) is 17.9. The molecule has 0 saturated carbocycles. The summed E-state index contributed by atoms with van der Waals surface area (Å²) < 4.78 is 7.13. The number of aryl methyl sites for hydroxylation is 1. The van der Waals surface area contributed by atoms with Crippen LogP contribution >= 0.6 is 0 Å². The average Bonchev–Trinajstić information content (AvgIpc) is 3.43. The maximum Gasteiger partial charge on any atom is 0.274 e. The standard InChI is InChI=1S/C19H21N5O2/c1-2-24-11-9-16(21-24)19(25)23-10-8-14(13-23)12-17-20-18(26-22-17)15-6-4-3-5-7-15/h3-7,9,11,14H,2,8,10,12-13H2,1H3. The van der Waals surface area contributed by atoms with E-state index < -0.39 is 0 Å². The van der Waals surface area contributed by atoms with E-state index in [1.165, 1.54) is 0 Å². The largest absolute Gasteiger partial charge is 0.337 e. The van der Waals surface area contributed by atoms with E-state index in [4.69, 9.17) is 4.52 Å². The SMILES string of the molecule is CCn1ccc(C(=O)N2CCC(Cc3noc(-c4ccccc4)n3)C2)n1. The van der Waals surface area contributed by atoms with E-state index in [9.17, 15) is 4.79 Å². The lowest BCUT2D eigenvalue weighted by Gasteiger charge is -2.14. The molecule has 1 aliphatic heterocycles. The second-order valence-corrected chi connectivity index (χ2v) is 6.55. The number of likely N-dealkylation sites (tertiary alicyclic amines) is 1. The smallest absolute Gasteiger partial charge is 0.274 e. The summed E-state index contributed by atoms with van der Waals surface area (Å²) in [6.07, 6.45) is 3.49. The van der Waals surface area contributed by atoms with Gasteiger partial charge >= 0.3 is 0 Å². The number of carbonyl (C=O) groups is 1. The Kier molecular flexibility index (Phi) is 4.51. The zero-order valence-electron chi connectivity index (χ0n) is 14.7. The Morgan fingerprint density at radius 2 is 2.12 bits per heavy atom. The van der Waals surface area contributed by atoms with E-state index in [2.05, 4.69) is 15.2 Å². The highest BCUT2D eigenvalue weighted by molar-refractivity contribution is 5.92. The van der Waals surface area contributed by atoms with Crippen LogP contribution in [0.25, 0.3) is 11.5 Å². The average molecular weight is 351 g/mol. The van der Waals surface area contributed by atoms with Crippen LogP contribution in [0.15, 0.2) is 47.1 Å². The van der Waals surface area contributed by atoms with Crippen molar-refractivity contribution in [3.63, 3.8) is 0 Å². The molecule has 1 aromatic carbocycles. The highest BCUT2D eigenvalue weighted by Crippen LogP contribution is 2.23. The fourth-order valence-electron chi connectivity index (χ4n) is 3.29. The molecular formula is C19H21N5O2. The van der Waals surface area contributed by atoms with Crippen molar-refractivity contribution in [2.45, 2.75) is 26.3 Å². The molecule has 1 unspecified atom stereocenters. The predicted octanol–water partition coefficient (Wildman–Crippen LogP) is 2.66. The number of aromatic nitrogens is 4. The minimum atomic E-state index is -0.00205. The van der Waals surface area contributed by atoms with Crippen molar-refractivity contribution < 1.29 is 9.32 Å². The summed E-state index contributed by atoms with van der Waals surface area (Å²) in [5.74, 6) is 1.57. The van der Waals surface area contributed by atoms with Crippen LogP contribution in [0, 0.1) is 5.92 Å². The molecule has 3 heterocycles. The van der Waals surface area contributed by atoms with Crippen LogP contribution in [0.5, 0.6) is 0 Å². The molecule has 1 fully saturated rings. The van der Waals surface area contributed by atoms with Crippen molar-refractivity contribution in [3.8, 4) is 11.5 Å². The molecule has 134 valence electrons. The van der Waals surface area contributed by atoms with Crippen LogP contribution < -0.4 is 0 Å². The lowest BCUT2D eigenvalue weighted by molar-refractivity contribution is 0.0780. The number of amides is 1. The van der Waals surface area contributed by atoms with E-state index >= 15 is 0 Å². The van der Waals surface area contributed by atoms with Gasteiger partial charge in [-0.3, -0.25) is 9.48 Å². The van der Waals surface area contributed by atoms with Gasteiger partial charge in [0.05, 0.1) is 0 Å². The summed E-state index contributed by atoms with van der Waals surface area (Å²) >= 11 is 0. The normalized spacial score (nSPS) is 17.0. The van der Waals surface area contributed by atoms with Crippen molar-refractivity contribution >= 4 is 5.91 Å². The fourth-order valence-corrected chi connectivity index (χ4v) is 3.29. The van der Waals surface area contributed by atoms with Gasteiger partial charge in [0, 0.05) is 37.8 Å². The Hall–Kier alpha value is -2.96. The molecule has 0 N–H and O–H groups in total. The highest BCUT2D eigenvalue weighted by Gasteiger charge is 2.29. The van der Waals surface area contributed by atoms with Gasteiger partial charge in [-0.05, 0) is 37.5 Å². The van der Waals surface area contributed by atoms with E-state index in [1.807, 2.05) is 48.4 Å². The number of hydrogen-bond acceptors (Lipinski definition) is 5. The van der Waals surface area contributed by atoms with Crippen molar-refractivity contribution in [3.05, 3.63) is 54.1 Å². The highest BCUT2D eigenvalue weighted by atomic mass is 16.5. The number of rotatable bonds is 5. The van der Waals surface area contributed by atoms with E-state index in [0.29, 0.717) is 36.3 Å². The van der Waals surface area contributed by atoms with E-state index in [-0.39, 0.29) is 5.91 Å². The predicted molar refractivity (Wildman–Crippen MR) is 95.3 cm³/mol. The van der Waals surface area contributed by atoms with Gasteiger partial charge in [0.2, 0.25) is 0 Å². The van der Waals surface area contributed by atoms with Crippen molar-refractivity contribution in [2.24, 2.45) is 5.92 Å². The minimum Gasteiger partial charge on any atom is -0.337 e. The van der Waals surface area contributed by atoms with Gasteiger partial charge in [-0.2, -0.15) is 10.1 Å². The first-order chi connectivity index (χ1) is 12.7. The van der Waals surface area contributed by atoms with Crippen molar-refractivity contribution in [2.75, 3.05) is 13.1 Å². The molecule has 7 heteroatoms. The maximum absolute atomic E-state index is 12.6. The molecule has 0 spiro atoms. The van der Waals surface area contributed by atoms with Crippen LogP contribution in [0.1, 0.15) is 29.7 Å². The Bertz CT molecular complexity index is 886. The molecular weight excluding hydrogens is 330 g/mol. The summed E-state index contributed by atoms with van der Waals surface area (Å²) in [5, 5.41) is 8.40. The van der Waals surface area contributed by atoms with Gasteiger partial charge < -0.3 is 9.42 Å². The lowest BCUT2D eigenvalue weighted by atomic mass is 10.1. The maximum atomic E-state index is 12.6. The van der Waals surface area contributed by atoms with Crippen LogP contribution in [0.2, 0.25) is 0 Å². The Morgan fingerprint density at radius 1 is 1.27 bits per heavy atom. The van der Waals surface area contributed by atoms with Crippen LogP contribution in [-0.4, -0.2) is 43.8 Å². The van der Waals surface area contributed by atoms with Gasteiger partial charge in [-0.25, -0.2) is 0 Å². The quantitative estimate of drug-likeness (QED) is 0.706. The van der Waals surface area contributed by atoms with Gasteiger partial charge in [0.25, 0.3) is 11.8 Å². The van der Waals surface area contributed by atoms with Crippen LogP contribution in [0.3, 0.4) is 0 Å².